The zero-order valence-corrected chi connectivity index (χ0v) is 17.8. The molecule has 24 heavy (non-hydrogen) atoms. The SMILES string of the molecule is C[C@H](CN=[N+]=[N-])[C@H]1CC[C@H]2[C@@H](O[Si](C)(C)C(C)(C)C)CCC[C@]12C. The van der Waals surface area contributed by atoms with Crippen LogP contribution >= 0.6 is 0 Å². The van der Waals surface area contributed by atoms with Crippen molar-refractivity contribution >= 4 is 8.32 Å². The molecule has 5 heteroatoms. The molecular formula is C19H37N3OSi. The quantitative estimate of drug-likeness (QED) is 0.240. The topological polar surface area (TPSA) is 58.0 Å². The molecule has 0 aliphatic heterocycles. The van der Waals surface area contributed by atoms with Crippen LogP contribution in [0, 0.1) is 23.2 Å². The minimum atomic E-state index is -1.72. The van der Waals surface area contributed by atoms with Gasteiger partial charge in [0.15, 0.2) is 8.32 Å². The van der Waals surface area contributed by atoms with Gasteiger partial charge in [-0.1, -0.05) is 46.2 Å². The van der Waals surface area contributed by atoms with Gasteiger partial charge in [0.25, 0.3) is 0 Å². The molecule has 2 fully saturated rings. The van der Waals surface area contributed by atoms with Crippen molar-refractivity contribution in [3.05, 3.63) is 10.4 Å². The Bertz CT molecular complexity index is 495. The summed E-state index contributed by atoms with van der Waals surface area (Å²) < 4.78 is 6.89. The predicted octanol–water partition coefficient (Wildman–Crippen LogP) is 6.54. The predicted molar refractivity (Wildman–Crippen MR) is 103 cm³/mol. The maximum atomic E-state index is 8.64. The third-order valence-electron chi connectivity index (χ3n) is 7.51. The molecular weight excluding hydrogens is 314 g/mol. The fraction of sp³-hybridized carbons (Fsp3) is 1.00. The Morgan fingerprint density at radius 2 is 1.96 bits per heavy atom. The molecule has 0 spiro atoms. The van der Waals surface area contributed by atoms with Gasteiger partial charge in [0.2, 0.25) is 0 Å². The standard InChI is InChI=1S/C19H37N3OSi/c1-14(13-21-22-20)15-10-11-16-17(9-8-12-19(15,16)5)23-24(6,7)18(2,3)4/h14-17H,8-13H2,1-7H3/t14-,15-,16+,17+,19-/m1/s1. The van der Waals surface area contributed by atoms with E-state index >= 15 is 0 Å². The highest BCUT2D eigenvalue weighted by atomic mass is 28.4. The molecule has 0 N–H and O–H groups in total. The van der Waals surface area contributed by atoms with Crippen molar-refractivity contribution in [2.45, 2.75) is 91.0 Å². The van der Waals surface area contributed by atoms with Gasteiger partial charge in [-0.15, -0.1) is 0 Å². The lowest BCUT2D eigenvalue weighted by atomic mass is 9.62. The van der Waals surface area contributed by atoms with E-state index in [-0.39, 0.29) is 5.04 Å². The van der Waals surface area contributed by atoms with Crippen molar-refractivity contribution < 1.29 is 4.43 Å². The molecule has 0 aromatic carbocycles. The second kappa shape index (κ2) is 7.01. The molecule has 0 radical (unpaired) electrons. The molecule has 0 bridgehead atoms. The smallest absolute Gasteiger partial charge is 0.192 e. The average molecular weight is 352 g/mol. The summed E-state index contributed by atoms with van der Waals surface area (Å²) >= 11 is 0. The maximum Gasteiger partial charge on any atom is 0.192 e. The first kappa shape index (κ1) is 19.8. The van der Waals surface area contributed by atoms with E-state index in [0.717, 1.165) is 0 Å². The van der Waals surface area contributed by atoms with Crippen molar-refractivity contribution in [1.29, 1.82) is 0 Å². The highest BCUT2D eigenvalue weighted by Gasteiger charge is 2.54. The van der Waals surface area contributed by atoms with Gasteiger partial charge in [0, 0.05) is 17.6 Å². The maximum absolute atomic E-state index is 8.64. The summed E-state index contributed by atoms with van der Waals surface area (Å²) in [6.07, 6.45) is 6.78. The van der Waals surface area contributed by atoms with Crippen LogP contribution in [0.1, 0.15) is 66.7 Å². The summed E-state index contributed by atoms with van der Waals surface area (Å²) in [5, 5.41) is 4.12. The van der Waals surface area contributed by atoms with Gasteiger partial charge in [-0.05, 0) is 72.5 Å². The lowest BCUT2D eigenvalue weighted by Gasteiger charge is -2.49. The third-order valence-corrected chi connectivity index (χ3v) is 12.0. The molecule has 0 saturated heterocycles. The van der Waals surface area contributed by atoms with Gasteiger partial charge in [-0.2, -0.15) is 0 Å². The van der Waals surface area contributed by atoms with Crippen molar-refractivity contribution in [2.24, 2.45) is 28.3 Å². The first-order chi connectivity index (χ1) is 11.0. The molecule has 0 amide bonds. The summed E-state index contributed by atoms with van der Waals surface area (Å²) in [4.78, 5) is 2.97. The largest absolute Gasteiger partial charge is 0.414 e. The van der Waals surface area contributed by atoms with Gasteiger partial charge < -0.3 is 4.43 Å². The van der Waals surface area contributed by atoms with E-state index in [4.69, 9.17) is 9.96 Å². The van der Waals surface area contributed by atoms with Crippen LogP contribution in [0.15, 0.2) is 5.11 Å². The Labute approximate surface area is 149 Å². The zero-order valence-electron chi connectivity index (χ0n) is 16.8. The van der Waals surface area contributed by atoms with Crippen molar-refractivity contribution in [2.75, 3.05) is 6.54 Å². The van der Waals surface area contributed by atoms with Crippen LogP contribution in [0.3, 0.4) is 0 Å². The zero-order chi connectivity index (χ0) is 18.2. The molecule has 5 atom stereocenters. The van der Waals surface area contributed by atoms with Crippen molar-refractivity contribution in [3.8, 4) is 0 Å². The summed E-state index contributed by atoms with van der Waals surface area (Å²) in [5.74, 6) is 1.82. The Morgan fingerprint density at radius 1 is 1.29 bits per heavy atom. The molecule has 2 aliphatic carbocycles. The lowest BCUT2D eigenvalue weighted by molar-refractivity contribution is -0.0194. The molecule has 2 saturated carbocycles. The molecule has 4 nitrogen and oxygen atoms in total. The van der Waals surface area contributed by atoms with Crippen LogP contribution in [0.5, 0.6) is 0 Å². The van der Waals surface area contributed by atoms with E-state index in [2.05, 4.69) is 57.7 Å². The van der Waals surface area contributed by atoms with Gasteiger partial charge in [-0.3, -0.25) is 0 Å². The molecule has 2 aliphatic rings. The van der Waals surface area contributed by atoms with Crippen LogP contribution in [-0.2, 0) is 4.43 Å². The summed E-state index contributed by atoms with van der Waals surface area (Å²) in [6.45, 7) is 17.2. The van der Waals surface area contributed by atoms with Gasteiger partial charge in [0.05, 0.1) is 0 Å². The van der Waals surface area contributed by atoms with Crippen LogP contribution in [0.4, 0.5) is 0 Å². The number of azide groups is 1. The second-order valence-electron chi connectivity index (χ2n) is 10.00. The van der Waals surface area contributed by atoms with E-state index < -0.39 is 8.32 Å². The van der Waals surface area contributed by atoms with Gasteiger partial charge in [-0.25, -0.2) is 0 Å². The number of nitrogens with zero attached hydrogens (tertiary/aromatic N) is 3. The summed E-state index contributed by atoms with van der Waals surface area (Å²) in [6, 6.07) is 0. The molecule has 2 rings (SSSR count). The van der Waals surface area contributed by atoms with E-state index in [1.807, 2.05) is 0 Å². The summed E-state index contributed by atoms with van der Waals surface area (Å²) in [7, 11) is -1.72. The van der Waals surface area contributed by atoms with Crippen LogP contribution in [0.2, 0.25) is 18.1 Å². The van der Waals surface area contributed by atoms with E-state index in [0.29, 0.717) is 35.8 Å². The average Bonchev–Trinajstić information content (AvgIpc) is 2.81. The van der Waals surface area contributed by atoms with Crippen LogP contribution in [0.25, 0.3) is 10.4 Å². The van der Waals surface area contributed by atoms with Gasteiger partial charge >= 0.3 is 0 Å². The highest BCUT2D eigenvalue weighted by Crippen LogP contribution is 2.59. The molecule has 0 heterocycles. The molecule has 138 valence electrons. The van der Waals surface area contributed by atoms with Crippen molar-refractivity contribution in [1.82, 2.24) is 0 Å². The van der Waals surface area contributed by atoms with Crippen molar-refractivity contribution in [3.63, 3.8) is 0 Å². The van der Waals surface area contributed by atoms with Crippen LogP contribution in [-0.4, -0.2) is 21.0 Å². The monoisotopic (exact) mass is 351 g/mol. The van der Waals surface area contributed by atoms with Crippen LogP contribution < -0.4 is 0 Å². The number of hydrogen-bond donors (Lipinski definition) is 0. The molecule has 0 aromatic heterocycles. The normalized spacial score (nSPS) is 35.2. The molecule has 0 unspecified atom stereocenters. The third kappa shape index (κ3) is 3.68. The highest BCUT2D eigenvalue weighted by molar-refractivity contribution is 6.74. The number of rotatable bonds is 5. The van der Waals surface area contributed by atoms with E-state index in [9.17, 15) is 0 Å². The Morgan fingerprint density at radius 3 is 2.54 bits per heavy atom. The molecule has 0 aromatic rings. The second-order valence-corrected chi connectivity index (χ2v) is 14.8. The minimum absolute atomic E-state index is 0.271. The van der Waals surface area contributed by atoms with E-state index in [1.54, 1.807) is 0 Å². The number of hydrogen-bond acceptors (Lipinski definition) is 2. The first-order valence-electron chi connectivity index (χ1n) is 9.71. The summed E-state index contributed by atoms with van der Waals surface area (Å²) in [5.41, 5.74) is 9.00. The Hall–Kier alpha value is -0.513. The number of fused-ring (bicyclic) bond motifs is 1. The lowest BCUT2D eigenvalue weighted by Crippen LogP contribution is -2.50. The Balaban J connectivity index is 2.16. The first-order valence-corrected chi connectivity index (χ1v) is 12.6. The minimum Gasteiger partial charge on any atom is -0.414 e. The Kier molecular flexibility index (Phi) is 5.78. The fourth-order valence-electron chi connectivity index (χ4n) is 5.08. The fourth-order valence-corrected chi connectivity index (χ4v) is 6.48. The van der Waals surface area contributed by atoms with E-state index in [1.165, 1.54) is 32.1 Å². The van der Waals surface area contributed by atoms with Gasteiger partial charge in [0.1, 0.15) is 0 Å².